The van der Waals surface area contributed by atoms with Crippen molar-refractivity contribution in [2.45, 2.75) is 32.2 Å². The molecule has 3 aromatic rings. The predicted molar refractivity (Wildman–Crippen MR) is 127 cm³/mol. The fourth-order valence-electron chi connectivity index (χ4n) is 3.52. The van der Waals surface area contributed by atoms with Crippen molar-refractivity contribution in [3.8, 4) is 22.5 Å². The van der Waals surface area contributed by atoms with Crippen LogP contribution in [-0.4, -0.2) is 49.9 Å². The van der Waals surface area contributed by atoms with Gasteiger partial charge >= 0.3 is 0 Å². The zero-order chi connectivity index (χ0) is 23.1. The molecule has 1 fully saturated rings. The van der Waals surface area contributed by atoms with Crippen molar-refractivity contribution in [3.63, 3.8) is 0 Å². The van der Waals surface area contributed by atoms with Gasteiger partial charge in [0.25, 0.3) is 0 Å². The number of rotatable bonds is 4. The number of aryl methyl sites for hydroxylation is 1. The number of halogens is 1. The summed E-state index contributed by atoms with van der Waals surface area (Å²) >= 11 is 7.88. The van der Waals surface area contributed by atoms with Gasteiger partial charge in [-0.2, -0.15) is 9.97 Å². The van der Waals surface area contributed by atoms with Gasteiger partial charge in [-0.3, -0.25) is 0 Å². The van der Waals surface area contributed by atoms with Crippen molar-refractivity contribution in [1.29, 1.82) is 0 Å². The number of aliphatic hydroxyl groups excluding tert-OH is 2. The molecule has 0 aromatic carbocycles. The molecule has 0 bridgehead atoms. The van der Waals surface area contributed by atoms with Gasteiger partial charge in [0.2, 0.25) is 5.95 Å². The number of anilines is 2. The first-order valence-corrected chi connectivity index (χ1v) is 11.3. The van der Waals surface area contributed by atoms with E-state index in [-0.39, 0.29) is 23.8 Å². The Hall–Kier alpha value is -2.77. The lowest BCUT2D eigenvalue weighted by molar-refractivity contribution is 0.229. The highest BCUT2D eigenvalue weighted by Gasteiger charge is 2.25. The van der Waals surface area contributed by atoms with Crippen molar-refractivity contribution in [3.05, 3.63) is 45.7 Å². The van der Waals surface area contributed by atoms with E-state index in [9.17, 15) is 5.11 Å². The molecular weight excluding hydrogens is 448 g/mol. The van der Waals surface area contributed by atoms with Gasteiger partial charge in [-0.05, 0) is 44.2 Å². The summed E-state index contributed by atoms with van der Waals surface area (Å²) in [7, 11) is 1.00. The van der Waals surface area contributed by atoms with E-state index < -0.39 is 0 Å². The van der Waals surface area contributed by atoms with Crippen LogP contribution in [0.15, 0.2) is 23.7 Å². The Morgan fingerprint density at radius 1 is 1.22 bits per heavy atom. The lowest BCUT2D eigenvalue weighted by Gasteiger charge is -2.15. The summed E-state index contributed by atoms with van der Waals surface area (Å²) in [6.07, 6.45) is 4.54. The standard InChI is InChI=1S/C21H21ClN6OS.CH4O/c1-12-14(4-7-17(25-12)20-24-8-9-30-20)3-6-16-18(22)27-21(23)28-19(16)26-15-5-2-13(10-15)11-29;1-2/h4,7-9,13,15,29H,2,5,10-11H2,1H3,(H3,23,26,27,28);2H,1H3. The van der Waals surface area contributed by atoms with Gasteiger partial charge in [0, 0.05) is 36.9 Å². The molecule has 0 spiro atoms. The maximum Gasteiger partial charge on any atom is 0.223 e. The Morgan fingerprint density at radius 2 is 2.03 bits per heavy atom. The Morgan fingerprint density at radius 3 is 2.69 bits per heavy atom. The van der Waals surface area contributed by atoms with E-state index in [0.29, 0.717) is 17.3 Å². The number of pyridine rings is 1. The van der Waals surface area contributed by atoms with Gasteiger partial charge in [0.15, 0.2) is 5.15 Å². The van der Waals surface area contributed by atoms with Gasteiger partial charge in [-0.25, -0.2) is 9.97 Å². The first-order chi connectivity index (χ1) is 15.5. The van der Waals surface area contributed by atoms with Gasteiger partial charge in [-0.1, -0.05) is 23.4 Å². The van der Waals surface area contributed by atoms with Crippen LogP contribution < -0.4 is 11.1 Å². The number of hydrogen-bond acceptors (Lipinski definition) is 9. The van der Waals surface area contributed by atoms with Crippen LogP contribution in [-0.2, 0) is 0 Å². The van der Waals surface area contributed by atoms with Gasteiger partial charge < -0.3 is 21.3 Å². The smallest absolute Gasteiger partial charge is 0.223 e. The van der Waals surface area contributed by atoms with Crippen LogP contribution in [0.5, 0.6) is 0 Å². The molecule has 1 saturated carbocycles. The average molecular weight is 473 g/mol. The minimum atomic E-state index is 0.0930. The minimum Gasteiger partial charge on any atom is -0.400 e. The highest BCUT2D eigenvalue weighted by Crippen LogP contribution is 2.30. The van der Waals surface area contributed by atoms with E-state index >= 15 is 0 Å². The molecule has 1 aliphatic rings. The molecule has 0 amide bonds. The summed E-state index contributed by atoms with van der Waals surface area (Å²) in [6.45, 7) is 2.11. The first kappa shape index (κ1) is 23.9. The second-order valence-corrected chi connectivity index (χ2v) is 8.47. The Bertz CT molecular complexity index is 1110. The molecule has 2 unspecified atom stereocenters. The summed E-state index contributed by atoms with van der Waals surface area (Å²) in [5.41, 5.74) is 8.72. The molecule has 0 radical (unpaired) electrons. The van der Waals surface area contributed by atoms with Gasteiger partial charge in [0.1, 0.15) is 16.4 Å². The fraction of sp³-hybridized carbons (Fsp3) is 0.364. The van der Waals surface area contributed by atoms with Gasteiger partial charge in [0.05, 0.1) is 11.4 Å². The van der Waals surface area contributed by atoms with Crippen LogP contribution in [0.3, 0.4) is 0 Å². The van der Waals surface area contributed by atoms with Crippen LogP contribution in [0.25, 0.3) is 10.7 Å². The summed E-state index contributed by atoms with van der Waals surface area (Å²) in [5.74, 6) is 7.14. The SMILES string of the molecule is CO.Cc1nc(-c2nccs2)ccc1C#Cc1c(Cl)nc(N)nc1NC1CCC(CO)C1. The quantitative estimate of drug-likeness (QED) is 0.336. The largest absolute Gasteiger partial charge is 0.400 e. The van der Waals surface area contributed by atoms with E-state index in [2.05, 4.69) is 37.1 Å². The predicted octanol–water partition coefficient (Wildman–Crippen LogP) is 3.12. The van der Waals surface area contributed by atoms with Crippen LogP contribution in [0, 0.1) is 24.7 Å². The van der Waals surface area contributed by atoms with E-state index in [1.54, 1.807) is 17.5 Å². The first-order valence-electron chi connectivity index (χ1n) is 10.1. The molecular formula is C22H25ClN6O2S. The highest BCUT2D eigenvalue weighted by atomic mass is 35.5. The summed E-state index contributed by atoms with van der Waals surface area (Å²) in [6, 6.07) is 4.02. The zero-order valence-corrected chi connectivity index (χ0v) is 19.4. The normalized spacial score (nSPS) is 17.2. The third kappa shape index (κ3) is 5.72. The lowest BCUT2D eigenvalue weighted by Crippen LogP contribution is -2.19. The third-order valence-corrected chi connectivity index (χ3v) is 6.15. The van der Waals surface area contributed by atoms with Crippen LogP contribution in [0.4, 0.5) is 11.8 Å². The number of nitrogen functional groups attached to an aromatic ring is 1. The van der Waals surface area contributed by atoms with Crippen molar-refractivity contribution in [2.24, 2.45) is 5.92 Å². The average Bonchev–Trinajstić information content (AvgIpc) is 3.47. The Balaban J connectivity index is 0.00000141. The molecule has 4 rings (SSSR count). The number of hydrogen-bond donors (Lipinski definition) is 4. The number of thiazole rings is 1. The van der Waals surface area contributed by atoms with Gasteiger partial charge in [-0.15, -0.1) is 11.3 Å². The minimum absolute atomic E-state index is 0.0930. The maximum atomic E-state index is 9.38. The van der Waals surface area contributed by atoms with Crippen LogP contribution in [0.2, 0.25) is 5.15 Å². The number of aromatic nitrogens is 4. The van der Waals surface area contributed by atoms with E-state index in [1.807, 2.05) is 24.4 Å². The maximum absolute atomic E-state index is 9.38. The molecule has 32 heavy (non-hydrogen) atoms. The molecule has 8 nitrogen and oxygen atoms in total. The topological polar surface area (TPSA) is 130 Å². The fourth-order valence-corrected chi connectivity index (χ4v) is 4.35. The molecule has 3 aromatic heterocycles. The second kappa shape index (κ2) is 11.2. The second-order valence-electron chi connectivity index (χ2n) is 7.22. The monoisotopic (exact) mass is 472 g/mol. The molecule has 168 valence electrons. The third-order valence-electron chi connectivity index (χ3n) is 5.08. The molecule has 10 heteroatoms. The van der Waals surface area contributed by atoms with E-state index in [4.69, 9.17) is 22.4 Å². The van der Waals surface area contributed by atoms with Crippen molar-refractivity contribution < 1.29 is 10.2 Å². The number of aliphatic hydroxyl groups is 2. The number of nitrogens with one attached hydrogen (secondary N) is 1. The number of nitrogens with two attached hydrogens (primary N) is 1. The van der Waals surface area contributed by atoms with E-state index in [1.165, 1.54) is 0 Å². The number of nitrogens with zero attached hydrogens (tertiary/aromatic N) is 4. The zero-order valence-electron chi connectivity index (χ0n) is 17.8. The molecule has 0 aliphatic heterocycles. The van der Waals surface area contributed by atoms with Crippen molar-refractivity contribution in [2.75, 3.05) is 24.8 Å². The molecule has 2 atom stereocenters. The van der Waals surface area contributed by atoms with Crippen LogP contribution >= 0.6 is 22.9 Å². The molecule has 3 heterocycles. The summed E-state index contributed by atoms with van der Waals surface area (Å²) in [5, 5.41) is 22.8. The lowest BCUT2D eigenvalue weighted by atomic mass is 10.1. The van der Waals surface area contributed by atoms with E-state index in [0.717, 1.165) is 48.3 Å². The summed E-state index contributed by atoms with van der Waals surface area (Å²) < 4.78 is 0. The highest BCUT2D eigenvalue weighted by molar-refractivity contribution is 7.13. The van der Waals surface area contributed by atoms with Crippen molar-refractivity contribution >= 4 is 34.7 Å². The molecule has 0 saturated heterocycles. The van der Waals surface area contributed by atoms with Crippen LogP contribution in [0.1, 0.15) is 36.1 Å². The Labute approximate surface area is 195 Å². The molecule has 5 N–H and O–H groups in total. The van der Waals surface area contributed by atoms with Crippen molar-refractivity contribution in [1.82, 2.24) is 19.9 Å². The molecule has 1 aliphatic carbocycles. The summed E-state index contributed by atoms with van der Waals surface area (Å²) in [4.78, 5) is 17.3. The Kier molecular flexibility index (Phi) is 8.36.